The van der Waals surface area contributed by atoms with Crippen molar-refractivity contribution in [2.45, 2.75) is 0 Å². The van der Waals surface area contributed by atoms with E-state index in [-0.39, 0.29) is 5.82 Å². The number of ether oxygens (including phenoxy) is 1. The summed E-state index contributed by atoms with van der Waals surface area (Å²) in [5.41, 5.74) is 1.83. The van der Waals surface area contributed by atoms with Gasteiger partial charge in [-0.05, 0) is 28.1 Å². The van der Waals surface area contributed by atoms with Gasteiger partial charge in [0.05, 0.1) is 12.7 Å². The molecule has 110 valence electrons. The van der Waals surface area contributed by atoms with E-state index in [1.165, 1.54) is 7.11 Å². The van der Waals surface area contributed by atoms with Gasteiger partial charge in [0.1, 0.15) is 0 Å². The van der Waals surface area contributed by atoms with Gasteiger partial charge >= 0.3 is 11.8 Å². The third-order valence-electron chi connectivity index (χ3n) is 3.26. The third-order valence-corrected chi connectivity index (χ3v) is 3.26. The fraction of sp³-hybridized carbons (Fsp3) is 0.0667. The lowest BCUT2D eigenvalue weighted by molar-refractivity contribution is -0.388. The number of hydrogen-bond acceptors (Lipinski definition) is 5. The van der Waals surface area contributed by atoms with E-state index >= 15 is 0 Å². The quantitative estimate of drug-likeness (QED) is 0.421. The molecule has 0 N–H and O–H groups in total. The Labute approximate surface area is 124 Å². The second kappa shape index (κ2) is 5.28. The van der Waals surface area contributed by atoms with Crippen LogP contribution in [0.4, 0.5) is 5.82 Å². The smallest absolute Gasteiger partial charge is 0.390 e. The number of pyridine rings is 1. The molecule has 0 aliphatic carbocycles. The van der Waals surface area contributed by atoms with E-state index in [1.54, 1.807) is 53.1 Å². The maximum absolute atomic E-state index is 11.5. The minimum Gasteiger partial charge on any atom is -0.465 e. The minimum absolute atomic E-state index is 0.225. The van der Waals surface area contributed by atoms with Gasteiger partial charge in [0.15, 0.2) is 5.69 Å². The molecule has 0 amide bonds. The molecule has 0 bridgehead atoms. The summed E-state index contributed by atoms with van der Waals surface area (Å²) in [5, 5.41) is 11.2. The molecule has 0 saturated heterocycles. The summed E-state index contributed by atoms with van der Waals surface area (Å²) in [5.74, 6) is -0.684. The van der Waals surface area contributed by atoms with Gasteiger partial charge in [0.2, 0.25) is 0 Å². The topological polar surface area (TPSA) is 86.7 Å². The van der Waals surface area contributed by atoms with Crippen molar-refractivity contribution in [3.63, 3.8) is 0 Å². The lowest BCUT2D eigenvalue weighted by Gasteiger charge is -2.03. The van der Waals surface area contributed by atoms with E-state index in [4.69, 9.17) is 0 Å². The van der Waals surface area contributed by atoms with Crippen LogP contribution in [-0.2, 0) is 4.74 Å². The van der Waals surface area contributed by atoms with Crippen LogP contribution in [0.15, 0.2) is 48.7 Å². The Hall–Kier alpha value is -3.22. The molecule has 2 heterocycles. The molecule has 0 unspecified atom stereocenters. The van der Waals surface area contributed by atoms with E-state index in [9.17, 15) is 14.9 Å². The molecule has 7 nitrogen and oxygen atoms in total. The first-order valence-corrected chi connectivity index (χ1v) is 6.42. The minimum atomic E-state index is -0.517. The van der Waals surface area contributed by atoms with E-state index in [1.807, 2.05) is 0 Å². The third kappa shape index (κ3) is 2.18. The van der Waals surface area contributed by atoms with E-state index in [0.29, 0.717) is 22.5 Å². The van der Waals surface area contributed by atoms with Gasteiger partial charge in [-0.15, -0.1) is 0 Å². The van der Waals surface area contributed by atoms with Crippen LogP contribution < -0.4 is 0 Å². The number of carbonyl (C=O) groups excluding carboxylic acids is 1. The Balaban J connectivity index is 2.18. The van der Waals surface area contributed by atoms with Crippen LogP contribution in [0.5, 0.6) is 0 Å². The predicted octanol–water partition coefficient (Wildman–Crippen LogP) is 2.70. The van der Waals surface area contributed by atoms with Crippen LogP contribution >= 0.6 is 0 Å². The molecule has 0 fully saturated rings. The van der Waals surface area contributed by atoms with Gasteiger partial charge < -0.3 is 14.9 Å². The SMILES string of the molecule is COC(=O)c1ccc(-c2c([N+](=O)[O-])nc3ccccn23)cc1. The number of hydrogen-bond donors (Lipinski definition) is 0. The first-order valence-electron chi connectivity index (χ1n) is 6.42. The van der Waals surface area contributed by atoms with Gasteiger partial charge in [-0.25, -0.2) is 4.79 Å². The van der Waals surface area contributed by atoms with E-state index in [0.717, 1.165) is 0 Å². The molecule has 3 rings (SSSR count). The highest BCUT2D eigenvalue weighted by Crippen LogP contribution is 2.30. The van der Waals surface area contributed by atoms with Gasteiger partial charge in [-0.1, -0.05) is 18.2 Å². The van der Waals surface area contributed by atoms with Crippen LogP contribution in [0, 0.1) is 10.1 Å². The summed E-state index contributed by atoms with van der Waals surface area (Å²) < 4.78 is 6.28. The fourth-order valence-electron chi connectivity index (χ4n) is 2.26. The monoisotopic (exact) mass is 297 g/mol. The van der Waals surface area contributed by atoms with Crippen molar-refractivity contribution >= 4 is 17.4 Å². The molecular formula is C15H11N3O4. The van der Waals surface area contributed by atoms with Crippen molar-refractivity contribution in [1.29, 1.82) is 0 Å². The molecule has 0 aliphatic rings. The molecule has 2 aromatic heterocycles. The number of carbonyl (C=O) groups is 1. The van der Waals surface area contributed by atoms with Crippen molar-refractivity contribution in [2.75, 3.05) is 7.11 Å². The van der Waals surface area contributed by atoms with Crippen molar-refractivity contribution in [2.24, 2.45) is 0 Å². The lowest BCUT2D eigenvalue weighted by Crippen LogP contribution is -2.00. The molecular weight excluding hydrogens is 286 g/mol. The molecule has 22 heavy (non-hydrogen) atoms. The van der Waals surface area contributed by atoms with Crippen LogP contribution in [0.25, 0.3) is 16.9 Å². The Morgan fingerprint density at radius 2 is 1.95 bits per heavy atom. The number of fused-ring (bicyclic) bond motifs is 1. The van der Waals surface area contributed by atoms with Gasteiger partial charge in [-0.3, -0.25) is 4.40 Å². The Bertz CT molecular complexity index is 868. The largest absolute Gasteiger partial charge is 0.465 e. The fourth-order valence-corrected chi connectivity index (χ4v) is 2.26. The number of esters is 1. The zero-order valence-electron chi connectivity index (χ0n) is 11.6. The number of benzene rings is 1. The summed E-state index contributed by atoms with van der Waals surface area (Å²) in [7, 11) is 1.30. The van der Waals surface area contributed by atoms with Crippen molar-refractivity contribution < 1.29 is 14.5 Å². The maximum Gasteiger partial charge on any atom is 0.390 e. The predicted molar refractivity (Wildman–Crippen MR) is 78.6 cm³/mol. The maximum atomic E-state index is 11.5. The van der Waals surface area contributed by atoms with E-state index < -0.39 is 10.9 Å². The molecule has 0 aliphatic heterocycles. The number of aromatic nitrogens is 2. The highest BCUT2D eigenvalue weighted by molar-refractivity contribution is 5.90. The molecule has 3 aromatic rings. The number of methoxy groups -OCH3 is 1. The summed E-state index contributed by atoms with van der Waals surface area (Å²) in [6, 6.07) is 11.6. The Morgan fingerprint density at radius 3 is 2.59 bits per heavy atom. The summed E-state index contributed by atoms with van der Waals surface area (Å²) in [6.45, 7) is 0. The number of imidazole rings is 1. The van der Waals surface area contributed by atoms with Crippen molar-refractivity contribution in [1.82, 2.24) is 9.38 Å². The normalized spacial score (nSPS) is 10.6. The Morgan fingerprint density at radius 1 is 1.23 bits per heavy atom. The van der Waals surface area contributed by atoms with Crippen molar-refractivity contribution in [3.8, 4) is 11.3 Å². The van der Waals surface area contributed by atoms with E-state index in [2.05, 4.69) is 9.72 Å². The standard InChI is InChI=1S/C15H11N3O4/c1-22-15(19)11-7-5-10(6-8-11)13-14(18(20)21)16-12-4-2-3-9-17(12)13/h2-9H,1H3. The van der Waals surface area contributed by atoms with Crippen molar-refractivity contribution in [3.05, 3.63) is 64.3 Å². The van der Waals surface area contributed by atoms with Crippen LogP contribution in [0.1, 0.15) is 10.4 Å². The van der Waals surface area contributed by atoms with Gasteiger partial charge in [0.25, 0.3) is 5.65 Å². The Kier molecular flexibility index (Phi) is 3.30. The van der Waals surface area contributed by atoms with Crippen LogP contribution in [-0.4, -0.2) is 27.4 Å². The second-order valence-electron chi connectivity index (χ2n) is 4.54. The van der Waals surface area contributed by atoms with Gasteiger partial charge in [-0.2, -0.15) is 0 Å². The molecule has 0 saturated carbocycles. The van der Waals surface area contributed by atoms with Crippen LogP contribution in [0.3, 0.4) is 0 Å². The summed E-state index contributed by atoms with van der Waals surface area (Å²) in [6.07, 6.45) is 1.71. The average molecular weight is 297 g/mol. The lowest BCUT2D eigenvalue weighted by atomic mass is 10.1. The molecule has 1 aromatic carbocycles. The highest BCUT2D eigenvalue weighted by atomic mass is 16.6. The zero-order chi connectivity index (χ0) is 15.7. The number of rotatable bonds is 3. The molecule has 0 atom stereocenters. The average Bonchev–Trinajstić information content (AvgIpc) is 2.94. The number of nitro groups is 1. The summed E-state index contributed by atoms with van der Waals surface area (Å²) in [4.78, 5) is 26.2. The van der Waals surface area contributed by atoms with Crippen LogP contribution in [0.2, 0.25) is 0 Å². The summed E-state index contributed by atoms with van der Waals surface area (Å²) >= 11 is 0. The highest BCUT2D eigenvalue weighted by Gasteiger charge is 2.24. The second-order valence-corrected chi connectivity index (χ2v) is 4.54. The zero-order valence-corrected chi connectivity index (χ0v) is 11.6. The first kappa shape index (κ1) is 13.7. The first-order chi connectivity index (χ1) is 10.6. The molecule has 7 heteroatoms. The number of nitrogens with zero attached hydrogens (tertiary/aromatic N) is 3. The molecule has 0 radical (unpaired) electrons. The van der Waals surface area contributed by atoms with Gasteiger partial charge in [0, 0.05) is 17.8 Å². The molecule has 0 spiro atoms.